The molecule has 0 radical (unpaired) electrons. The molecule has 1 aliphatic rings. The van der Waals surface area contributed by atoms with E-state index >= 15 is 0 Å². The summed E-state index contributed by atoms with van der Waals surface area (Å²) in [7, 11) is 0. The van der Waals surface area contributed by atoms with Crippen LogP contribution >= 0.6 is 23.4 Å². The molecule has 0 unspecified atom stereocenters. The van der Waals surface area contributed by atoms with Crippen LogP contribution in [0.25, 0.3) is 0 Å². The predicted octanol–water partition coefficient (Wildman–Crippen LogP) is 4.57. The summed E-state index contributed by atoms with van der Waals surface area (Å²) >= 11 is 8.25. The third kappa shape index (κ3) is 8.37. The molecule has 1 aliphatic heterocycles. The fourth-order valence-electron chi connectivity index (χ4n) is 3.01. The number of carboxylic acid groups (broad SMARTS) is 1. The first-order valence-electron chi connectivity index (χ1n) is 9.97. The zero-order valence-electron chi connectivity index (χ0n) is 17.2. The summed E-state index contributed by atoms with van der Waals surface area (Å²) in [5.74, 6) is -1.82. The monoisotopic (exact) mass is 488 g/mol. The molecule has 32 heavy (non-hydrogen) atoms. The molecule has 0 saturated heterocycles. The molecule has 1 amide bonds. The minimum absolute atomic E-state index is 0.0108. The first-order valence-corrected chi connectivity index (χ1v) is 11.3. The minimum atomic E-state index is -5.08. The first-order chi connectivity index (χ1) is 15.2. The molecule has 2 aromatic carbocycles. The van der Waals surface area contributed by atoms with Crippen LogP contribution in [0.1, 0.15) is 27.9 Å². The summed E-state index contributed by atoms with van der Waals surface area (Å²) in [4.78, 5) is 22.1. The molecule has 3 N–H and O–H groups in total. The maximum absolute atomic E-state index is 12.0. The quantitative estimate of drug-likeness (QED) is 0.410. The number of alkyl halides is 3. The summed E-state index contributed by atoms with van der Waals surface area (Å²) in [6.07, 6.45) is -2.07. The van der Waals surface area contributed by atoms with Gasteiger partial charge >= 0.3 is 12.1 Å². The lowest BCUT2D eigenvalue weighted by molar-refractivity contribution is -0.192. The highest BCUT2D eigenvalue weighted by molar-refractivity contribution is 7.99. The molecule has 0 spiro atoms. The van der Waals surface area contributed by atoms with E-state index in [0.717, 1.165) is 43.1 Å². The van der Waals surface area contributed by atoms with E-state index < -0.39 is 12.1 Å². The van der Waals surface area contributed by atoms with Crippen molar-refractivity contribution >= 4 is 35.2 Å². The summed E-state index contributed by atoms with van der Waals surface area (Å²) < 4.78 is 31.7. The van der Waals surface area contributed by atoms with E-state index in [0.29, 0.717) is 12.1 Å². The van der Waals surface area contributed by atoms with Crippen LogP contribution in [-0.2, 0) is 17.6 Å². The predicted molar refractivity (Wildman–Crippen MR) is 120 cm³/mol. The number of carboxylic acids is 1. The molecular formula is C22H24ClF3N2O3S. The normalized spacial score (nSPS) is 13.2. The van der Waals surface area contributed by atoms with Gasteiger partial charge in [0.05, 0.1) is 5.02 Å². The SMILES string of the molecule is O=C(NCCCSc1c(Cl)ccc2c1CCNCC2)c1ccccc1.O=C(O)C(F)(F)F. The van der Waals surface area contributed by atoms with E-state index in [9.17, 15) is 18.0 Å². The molecule has 0 fully saturated rings. The van der Waals surface area contributed by atoms with Crippen LogP contribution in [0.5, 0.6) is 0 Å². The Kier molecular flexibility index (Phi) is 10.3. The number of fused-ring (bicyclic) bond motifs is 1. The molecular weight excluding hydrogens is 465 g/mol. The van der Waals surface area contributed by atoms with E-state index in [1.165, 1.54) is 16.0 Å². The van der Waals surface area contributed by atoms with Crippen LogP contribution in [0, 0.1) is 0 Å². The second-order valence-electron chi connectivity index (χ2n) is 6.89. The van der Waals surface area contributed by atoms with E-state index in [1.54, 1.807) is 0 Å². The Morgan fingerprint density at radius 3 is 2.41 bits per heavy atom. The van der Waals surface area contributed by atoms with Gasteiger partial charge < -0.3 is 15.7 Å². The van der Waals surface area contributed by atoms with Crippen molar-refractivity contribution in [2.45, 2.75) is 30.3 Å². The Morgan fingerprint density at radius 1 is 1.09 bits per heavy atom. The first kappa shape index (κ1) is 26.0. The molecule has 0 aliphatic carbocycles. The third-order valence-corrected chi connectivity index (χ3v) is 6.24. The Hall–Kier alpha value is -2.23. The number of benzene rings is 2. The van der Waals surface area contributed by atoms with Crippen molar-refractivity contribution in [2.24, 2.45) is 0 Å². The largest absolute Gasteiger partial charge is 0.490 e. The van der Waals surface area contributed by atoms with Crippen molar-refractivity contribution in [3.05, 3.63) is 64.2 Å². The lowest BCUT2D eigenvalue weighted by Crippen LogP contribution is -2.24. The highest BCUT2D eigenvalue weighted by Gasteiger charge is 2.38. The van der Waals surface area contributed by atoms with Crippen molar-refractivity contribution in [3.63, 3.8) is 0 Å². The van der Waals surface area contributed by atoms with Crippen molar-refractivity contribution < 1.29 is 27.9 Å². The standard InChI is InChI=1S/C20H23ClN2OS.C2HF3O2/c21-18-8-7-15-9-12-22-13-10-17(15)19(18)25-14-4-11-23-20(24)16-5-2-1-3-6-16;3-2(4,5)1(6)7/h1-3,5-8,22H,4,9-14H2,(H,23,24);(H,6,7). The Bertz CT molecular complexity index is 911. The van der Waals surface area contributed by atoms with Gasteiger partial charge in [-0.25, -0.2) is 4.79 Å². The van der Waals surface area contributed by atoms with Gasteiger partial charge in [0.25, 0.3) is 5.91 Å². The molecule has 3 rings (SSSR count). The zero-order chi connectivity index (χ0) is 23.6. The maximum Gasteiger partial charge on any atom is 0.490 e. The second kappa shape index (κ2) is 12.7. The van der Waals surface area contributed by atoms with Gasteiger partial charge in [-0.15, -0.1) is 11.8 Å². The lowest BCUT2D eigenvalue weighted by atomic mass is 10.0. The fraction of sp³-hybridized carbons (Fsp3) is 0.364. The van der Waals surface area contributed by atoms with Gasteiger partial charge in [-0.2, -0.15) is 13.2 Å². The number of thioether (sulfide) groups is 1. The van der Waals surface area contributed by atoms with Gasteiger partial charge in [-0.1, -0.05) is 35.9 Å². The number of nitrogens with one attached hydrogen (secondary N) is 2. The molecule has 0 bridgehead atoms. The molecule has 10 heteroatoms. The number of rotatable bonds is 6. The third-order valence-electron chi connectivity index (χ3n) is 4.56. The molecule has 2 aromatic rings. The van der Waals surface area contributed by atoms with E-state index in [2.05, 4.69) is 16.7 Å². The molecule has 0 atom stereocenters. The van der Waals surface area contributed by atoms with Crippen LogP contribution < -0.4 is 10.6 Å². The van der Waals surface area contributed by atoms with Gasteiger partial charge in [-0.05, 0) is 67.4 Å². The summed E-state index contributed by atoms with van der Waals surface area (Å²) in [5, 5.41) is 14.4. The number of carbonyl (C=O) groups excluding carboxylic acids is 1. The van der Waals surface area contributed by atoms with Crippen LogP contribution in [0.4, 0.5) is 13.2 Å². The minimum Gasteiger partial charge on any atom is -0.475 e. The van der Waals surface area contributed by atoms with Gasteiger partial charge in [0.1, 0.15) is 0 Å². The van der Waals surface area contributed by atoms with Gasteiger partial charge in [-0.3, -0.25) is 4.79 Å². The Labute approximate surface area is 193 Å². The summed E-state index contributed by atoms with van der Waals surface area (Å²) in [6, 6.07) is 13.5. The average Bonchev–Trinajstić information content (AvgIpc) is 3.01. The van der Waals surface area contributed by atoms with Gasteiger partial charge in [0.15, 0.2) is 0 Å². The number of hydrogen-bond acceptors (Lipinski definition) is 4. The smallest absolute Gasteiger partial charge is 0.475 e. The van der Waals surface area contributed by atoms with Crippen LogP contribution in [0.2, 0.25) is 5.02 Å². The number of aliphatic carboxylic acids is 1. The molecule has 0 saturated carbocycles. The van der Waals surface area contributed by atoms with Crippen LogP contribution in [0.3, 0.4) is 0 Å². The van der Waals surface area contributed by atoms with Gasteiger partial charge in [0, 0.05) is 17.0 Å². The Balaban J connectivity index is 0.000000451. The van der Waals surface area contributed by atoms with Crippen molar-refractivity contribution in [3.8, 4) is 0 Å². The summed E-state index contributed by atoms with van der Waals surface area (Å²) in [6.45, 7) is 2.72. The number of amides is 1. The zero-order valence-corrected chi connectivity index (χ0v) is 18.7. The van der Waals surface area contributed by atoms with Crippen molar-refractivity contribution in [1.29, 1.82) is 0 Å². The number of hydrogen-bond donors (Lipinski definition) is 3. The maximum atomic E-state index is 12.0. The highest BCUT2D eigenvalue weighted by atomic mass is 35.5. The number of carbonyl (C=O) groups is 2. The fourth-order valence-corrected chi connectivity index (χ4v) is 4.45. The topological polar surface area (TPSA) is 78.4 Å². The average molecular weight is 489 g/mol. The van der Waals surface area contributed by atoms with Crippen LogP contribution in [0.15, 0.2) is 47.4 Å². The molecule has 1 heterocycles. The summed E-state index contributed by atoms with van der Waals surface area (Å²) in [5.41, 5.74) is 3.52. The van der Waals surface area contributed by atoms with E-state index in [1.807, 2.05) is 48.2 Å². The number of halogens is 4. The molecule has 5 nitrogen and oxygen atoms in total. The van der Waals surface area contributed by atoms with E-state index in [4.69, 9.17) is 21.5 Å². The van der Waals surface area contributed by atoms with Crippen molar-refractivity contribution in [2.75, 3.05) is 25.4 Å². The Morgan fingerprint density at radius 2 is 1.75 bits per heavy atom. The highest BCUT2D eigenvalue weighted by Crippen LogP contribution is 2.34. The second-order valence-corrected chi connectivity index (χ2v) is 8.40. The molecule has 0 aromatic heterocycles. The van der Waals surface area contributed by atoms with Gasteiger partial charge in [0.2, 0.25) is 0 Å². The lowest BCUT2D eigenvalue weighted by Gasteiger charge is -2.14. The van der Waals surface area contributed by atoms with Crippen LogP contribution in [-0.4, -0.2) is 48.5 Å². The van der Waals surface area contributed by atoms with E-state index in [-0.39, 0.29) is 5.91 Å². The molecule has 174 valence electrons. The van der Waals surface area contributed by atoms with Crippen molar-refractivity contribution in [1.82, 2.24) is 10.6 Å².